The topological polar surface area (TPSA) is 133 Å². The van der Waals surface area contributed by atoms with Crippen LogP contribution in [0.1, 0.15) is 59.2 Å². The number of carbonyl (C=O) groups excluding carboxylic acids is 4. The van der Waals surface area contributed by atoms with E-state index in [-0.39, 0.29) is 18.6 Å². The number of amides is 2. The Labute approximate surface area is 206 Å². The normalized spacial score (nSPS) is 13.5. The third-order valence-corrected chi connectivity index (χ3v) is 5.34. The standard InChI is InChI=1S/C26H36N4O5/c1-25(2,3)21(31)13-18(12-17-10-8-7-9-11-17)23(33)29-20(22(27)32)14-19-15-28-16-30(19)24(34)35-26(4,5)6/h7-11,15-16,18,20H,12-14H2,1-6H3,(H2,27,32)(H,29,33)/t18-,20?/m1/s1. The Balaban J connectivity index is 2.22. The van der Waals surface area contributed by atoms with Crippen LogP contribution in [-0.4, -0.2) is 44.9 Å². The molecule has 2 amide bonds. The Bertz CT molecular complexity index is 1050. The molecule has 0 aliphatic carbocycles. The van der Waals surface area contributed by atoms with Crippen LogP contribution in [0.3, 0.4) is 0 Å². The number of imidazole rings is 1. The number of primary amides is 1. The van der Waals surface area contributed by atoms with Crippen molar-refractivity contribution in [1.82, 2.24) is 14.9 Å². The molecular formula is C26H36N4O5. The Morgan fingerprint density at radius 1 is 1.03 bits per heavy atom. The van der Waals surface area contributed by atoms with E-state index in [0.29, 0.717) is 12.1 Å². The summed E-state index contributed by atoms with van der Waals surface area (Å²) in [5, 5.41) is 2.69. The van der Waals surface area contributed by atoms with Crippen LogP contribution in [0, 0.1) is 11.3 Å². The SMILES string of the molecule is CC(C)(C)OC(=O)n1cncc1CC(NC(=O)[C@@H](CC(=O)C(C)(C)C)Cc1ccccc1)C(N)=O. The van der Waals surface area contributed by atoms with Gasteiger partial charge in [-0.3, -0.25) is 14.4 Å². The number of carbonyl (C=O) groups is 4. The van der Waals surface area contributed by atoms with Gasteiger partial charge >= 0.3 is 6.09 Å². The minimum absolute atomic E-state index is 0.0194. The minimum atomic E-state index is -1.11. The first-order valence-corrected chi connectivity index (χ1v) is 11.6. The molecule has 1 heterocycles. The van der Waals surface area contributed by atoms with Crippen LogP contribution in [-0.2, 0) is 32.0 Å². The molecule has 1 unspecified atom stereocenters. The molecule has 1 aromatic carbocycles. The smallest absolute Gasteiger partial charge is 0.420 e. The van der Waals surface area contributed by atoms with Crippen LogP contribution in [0.4, 0.5) is 4.79 Å². The molecule has 35 heavy (non-hydrogen) atoms. The van der Waals surface area contributed by atoms with Crippen LogP contribution >= 0.6 is 0 Å². The summed E-state index contributed by atoms with van der Waals surface area (Å²) in [5.41, 5.74) is 5.50. The van der Waals surface area contributed by atoms with Crippen molar-refractivity contribution in [1.29, 1.82) is 0 Å². The van der Waals surface area contributed by atoms with Gasteiger partial charge < -0.3 is 15.8 Å². The van der Waals surface area contributed by atoms with Crippen LogP contribution in [0.25, 0.3) is 0 Å². The molecule has 190 valence electrons. The molecule has 0 fully saturated rings. The van der Waals surface area contributed by atoms with Gasteiger partial charge in [0, 0.05) is 30.4 Å². The molecule has 2 atom stereocenters. The van der Waals surface area contributed by atoms with Crippen molar-refractivity contribution in [2.75, 3.05) is 0 Å². The number of nitrogens with one attached hydrogen (secondary N) is 1. The average Bonchev–Trinajstić information content (AvgIpc) is 3.20. The summed E-state index contributed by atoms with van der Waals surface area (Å²) in [6, 6.07) is 8.25. The Morgan fingerprint density at radius 2 is 1.66 bits per heavy atom. The first kappa shape index (κ1) is 27.8. The van der Waals surface area contributed by atoms with E-state index in [2.05, 4.69) is 10.3 Å². The van der Waals surface area contributed by atoms with Gasteiger partial charge in [-0.2, -0.15) is 0 Å². The number of hydrogen-bond acceptors (Lipinski definition) is 6. The number of nitrogens with zero attached hydrogens (tertiary/aromatic N) is 2. The molecule has 9 heteroatoms. The molecule has 0 spiro atoms. The summed E-state index contributed by atoms with van der Waals surface area (Å²) in [6.07, 6.45) is 2.32. The van der Waals surface area contributed by atoms with Gasteiger partial charge in [-0.05, 0) is 32.8 Å². The van der Waals surface area contributed by atoms with E-state index in [0.717, 1.165) is 5.56 Å². The van der Waals surface area contributed by atoms with Crippen molar-refractivity contribution in [2.24, 2.45) is 17.1 Å². The molecule has 2 aromatic rings. The van der Waals surface area contributed by atoms with E-state index in [9.17, 15) is 19.2 Å². The van der Waals surface area contributed by atoms with E-state index in [1.54, 1.807) is 41.5 Å². The monoisotopic (exact) mass is 484 g/mol. The third kappa shape index (κ3) is 8.66. The van der Waals surface area contributed by atoms with Crippen LogP contribution in [0.5, 0.6) is 0 Å². The highest BCUT2D eigenvalue weighted by molar-refractivity contribution is 5.92. The first-order valence-electron chi connectivity index (χ1n) is 11.6. The second-order valence-corrected chi connectivity index (χ2v) is 10.7. The predicted molar refractivity (Wildman–Crippen MR) is 131 cm³/mol. The van der Waals surface area contributed by atoms with E-state index in [1.807, 2.05) is 30.3 Å². The second-order valence-electron chi connectivity index (χ2n) is 10.7. The highest BCUT2D eigenvalue weighted by atomic mass is 16.6. The van der Waals surface area contributed by atoms with E-state index < -0.39 is 40.9 Å². The molecule has 0 bridgehead atoms. The second kappa shape index (κ2) is 11.3. The molecule has 0 radical (unpaired) electrons. The zero-order valence-corrected chi connectivity index (χ0v) is 21.3. The number of rotatable bonds is 9. The lowest BCUT2D eigenvalue weighted by atomic mass is 9.83. The summed E-state index contributed by atoms with van der Waals surface area (Å²) in [7, 11) is 0. The molecule has 2 rings (SSSR count). The first-order chi connectivity index (χ1) is 16.2. The number of benzene rings is 1. The Kier molecular flexibility index (Phi) is 8.95. The maximum Gasteiger partial charge on any atom is 0.420 e. The summed E-state index contributed by atoms with van der Waals surface area (Å²) in [5.74, 6) is -1.98. The van der Waals surface area contributed by atoms with Crippen molar-refractivity contribution in [3.8, 4) is 0 Å². The fourth-order valence-corrected chi connectivity index (χ4v) is 3.36. The zero-order chi connectivity index (χ0) is 26.4. The van der Waals surface area contributed by atoms with E-state index in [1.165, 1.54) is 17.1 Å². The lowest BCUT2D eigenvalue weighted by molar-refractivity contribution is -0.134. The zero-order valence-electron chi connectivity index (χ0n) is 21.3. The molecule has 3 N–H and O–H groups in total. The van der Waals surface area contributed by atoms with Crippen molar-refractivity contribution in [3.05, 3.63) is 54.1 Å². The van der Waals surface area contributed by atoms with E-state index in [4.69, 9.17) is 10.5 Å². The molecule has 0 saturated carbocycles. The molecule has 0 saturated heterocycles. The number of hydrogen-bond donors (Lipinski definition) is 2. The van der Waals surface area contributed by atoms with E-state index >= 15 is 0 Å². The predicted octanol–water partition coefficient (Wildman–Crippen LogP) is 3.04. The van der Waals surface area contributed by atoms with Gasteiger partial charge in [-0.1, -0.05) is 51.1 Å². The van der Waals surface area contributed by atoms with Gasteiger partial charge in [0.1, 0.15) is 23.8 Å². The molecule has 0 aliphatic rings. The molecular weight excluding hydrogens is 448 g/mol. The van der Waals surface area contributed by atoms with Gasteiger partial charge in [0.05, 0.1) is 5.69 Å². The summed E-state index contributed by atoms with van der Waals surface area (Å²) >= 11 is 0. The quantitative estimate of drug-likeness (QED) is 0.562. The van der Waals surface area contributed by atoms with Crippen LogP contribution in [0.15, 0.2) is 42.9 Å². The summed E-state index contributed by atoms with van der Waals surface area (Å²) < 4.78 is 6.55. The summed E-state index contributed by atoms with van der Waals surface area (Å²) in [4.78, 5) is 54.7. The maximum atomic E-state index is 13.3. The number of aromatic nitrogens is 2. The van der Waals surface area contributed by atoms with Gasteiger partial charge in [-0.25, -0.2) is 14.3 Å². The third-order valence-electron chi connectivity index (χ3n) is 5.34. The fraction of sp³-hybridized carbons (Fsp3) is 0.500. The van der Waals surface area contributed by atoms with Gasteiger partial charge in [0.15, 0.2) is 0 Å². The number of nitrogens with two attached hydrogens (primary N) is 1. The van der Waals surface area contributed by atoms with Gasteiger partial charge in [0.2, 0.25) is 11.8 Å². The van der Waals surface area contributed by atoms with Crippen molar-refractivity contribution >= 4 is 23.7 Å². The van der Waals surface area contributed by atoms with Crippen molar-refractivity contribution in [2.45, 2.75) is 72.4 Å². The van der Waals surface area contributed by atoms with Crippen LogP contribution < -0.4 is 11.1 Å². The number of ketones is 1. The number of ether oxygens (including phenoxy) is 1. The minimum Gasteiger partial charge on any atom is -0.443 e. The largest absolute Gasteiger partial charge is 0.443 e. The Hall–Kier alpha value is -3.49. The van der Waals surface area contributed by atoms with Crippen molar-refractivity contribution < 1.29 is 23.9 Å². The van der Waals surface area contributed by atoms with Gasteiger partial charge in [0.25, 0.3) is 0 Å². The molecule has 1 aromatic heterocycles. The highest BCUT2D eigenvalue weighted by Gasteiger charge is 2.31. The van der Waals surface area contributed by atoms with Gasteiger partial charge in [-0.15, -0.1) is 0 Å². The lowest BCUT2D eigenvalue weighted by Gasteiger charge is -2.24. The highest BCUT2D eigenvalue weighted by Crippen LogP contribution is 2.23. The Morgan fingerprint density at radius 3 is 2.20 bits per heavy atom. The lowest BCUT2D eigenvalue weighted by Crippen LogP contribution is -2.49. The van der Waals surface area contributed by atoms with Crippen molar-refractivity contribution in [3.63, 3.8) is 0 Å². The molecule has 9 nitrogen and oxygen atoms in total. The van der Waals surface area contributed by atoms with Crippen LogP contribution in [0.2, 0.25) is 0 Å². The maximum absolute atomic E-state index is 13.3. The summed E-state index contributed by atoms with van der Waals surface area (Å²) in [6.45, 7) is 10.6. The average molecular weight is 485 g/mol. The number of Topliss-reactive ketones (excluding diaryl/α,β-unsaturated/α-hetero) is 1. The molecule has 0 aliphatic heterocycles. The fourth-order valence-electron chi connectivity index (χ4n) is 3.36.